The summed E-state index contributed by atoms with van der Waals surface area (Å²) >= 11 is 0. The molecule has 1 amide bonds. The van der Waals surface area contributed by atoms with Crippen molar-refractivity contribution in [2.45, 2.75) is 71.1 Å². The molecule has 5 rings (SSSR count). The van der Waals surface area contributed by atoms with Gasteiger partial charge in [0.15, 0.2) is 11.4 Å². The highest BCUT2D eigenvalue weighted by Gasteiger charge is 2.64. The minimum absolute atomic E-state index is 0.00702. The molecule has 3 aliphatic carbocycles. The monoisotopic (exact) mass is 725 g/mol. The summed E-state index contributed by atoms with van der Waals surface area (Å²) in [7, 11) is -0.474. The first-order chi connectivity index (χ1) is 24.2. The molecule has 4 atom stereocenters. The Kier molecular flexibility index (Phi) is 11.3. The lowest BCUT2D eigenvalue weighted by Gasteiger charge is -2.50. The summed E-state index contributed by atoms with van der Waals surface area (Å²) in [6, 6.07) is 9.52. The van der Waals surface area contributed by atoms with Crippen molar-refractivity contribution in [1.82, 2.24) is 9.57 Å². The fourth-order valence-corrected chi connectivity index (χ4v) is 9.70. The summed E-state index contributed by atoms with van der Waals surface area (Å²) in [5.41, 5.74) is 4.42. The normalized spacial score (nSPS) is 23.5. The molecule has 276 valence electrons. The highest BCUT2D eigenvalue weighted by atomic mass is 31.2. The van der Waals surface area contributed by atoms with Gasteiger partial charge in [0.05, 0.1) is 24.8 Å². The maximum absolute atomic E-state index is 14.2. The summed E-state index contributed by atoms with van der Waals surface area (Å²) < 4.78 is 27.0. The Labute approximate surface area is 297 Å². The maximum Gasteiger partial charge on any atom is 0.408 e. The summed E-state index contributed by atoms with van der Waals surface area (Å²) in [5, 5.41) is 45.7. The number of carbonyl (C=O) groups excluding carboxylic acids is 3. The highest BCUT2D eigenvalue weighted by Crippen LogP contribution is 2.55. The van der Waals surface area contributed by atoms with Crippen LogP contribution in [0, 0.1) is 11.8 Å². The molecule has 0 bridgehead atoms. The van der Waals surface area contributed by atoms with Crippen LogP contribution in [0.4, 0.5) is 0 Å². The van der Waals surface area contributed by atoms with E-state index in [0.29, 0.717) is 17.7 Å². The van der Waals surface area contributed by atoms with Crippen LogP contribution in [0.25, 0.3) is 16.9 Å². The van der Waals surface area contributed by atoms with E-state index in [-0.39, 0.29) is 49.5 Å². The number of aromatic hydroxyl groups is 1. The van der Waals surface area contributed by atoms with Gasteiger partial charge >= 0.3 is 7.75 Å². The number of carbonyl (C=O) groups is 3. The van der Waals surface area contributed by atoms with E-state index in [1.165, 1.54) is 11.0 Å². The number of nitrogens with zero attached hydrogens (tertiary/aromatic N) is 2. The van der Waals surface area contributed by atoms with Gasteiger partial charge in [-0.1, -0.05) is 44.0 Å². The lowest BCUT2D eigenvalue weighted by molar-refractivity contribution is -0.153. The Morgan fingerprint density at radius 2 is 1.73 bits per heavy atom. The van der Waals surface area contributed by atoms with Crippen molar-refractivity contribution >= 4 is 31.0 Å². The third-order valence-electron chi connectivity index (χ3n) is 10.2. The summed E-state index contributed by atoms with van der Waals surface area (Å²) in [5.74, 6) is -7.03. The van der Waals surface area contributed by atoms with Crippen molar-refractivity contribution < 1.29 is 48.4 Å². The number of phenols is 1. The number of fused-ring (bicyclic) bond motifs is 3. The van der Waals surface area contributed by atoms with Gasteiger partial charge in [-0.15, -0.1) is 0 Å². The molecule has 6 N–H and O–H groups in total. The predicted molar refractivity (Wildman–Crippen MR) is 190 cm³/mol. The van der Waals surface area contributed by atoms with Crippen LogP contribution in [0.3, 0.4) is 0 Å². The molecule has 51 heavy (non-hydrogen) atoms. The number of nitrogens with two attached hydrogens (primary N) is 1. The van der Waals surface area contributed by atoms with Crippen molar-refractivity contribution in [2.24, 2.45) is 17.6 Å². The number of phenolic OH excluding ortho intramolecular Hbond substituents is 1. The third kappa shape index (κ3) is 6.67. The number of likely N-dealkylation sites (N-methyl/N-ethyl adjacent to an activating group) is 1. The lowest BCUT2D eigenvalue weighted by Crippen LogP contribution is -2.65. The molecular formula is C37H48N3O10P. The van der Waals surface area contributed by atoms with E-state index < -0.39 is 65.8 Å². The number of aliphatic hydroxyl groups excluding tert-OH is 2. The fraction of sp³-hybridized carbons (Fsp3) is 0.486. The van der Waals surface area contributed by atoms with E-state index in [0.717, 1.165) is 30.4 Å². The quantitative estimate of drug-likeness (QED) is 0.101. The Morgan fingerprint density at radius 3 is 2.33 bits per heavy atom. The highest BCUT2D eigenvalue weighted by molar-refractivity contribution is 7.51. The van der Waals surface area contributed by atoms with Crippen LogP contribution in [0.5, 0.6) is 5.75 Å². The number of ketones is 2. The van der Waals surface area contributed by atoms with E-state index in [9.17, 15) is 39.4 Å². The molecule has 3 aliphatic rings. The molecule has 2 aromatic carbocycles. The van der Waals surface area contributed by atoms with E-state index in [2.05, 4.69) is 6.92 Å². The fourth-order valence-electron chi connectivity index (χ4n) is 7.92. The Hall–Kier alpha value is -3.84. The zero-order valence-electron chi connectivity index (χ0n) is 29.7. The average Bonchev–Trinajstić information content (AvgIpc) is 3.06. The van der Waals surface area contributed by atoms with Crippen molar-refractivity contribution in [3.05, 3.63) is 70.0 Å². The number of Topliss-reactive ketones (excluding diaryl/α,β-unsaturated/α-hetero) is 2. The number of aliphatic hydroxyl groups is 3. The number of amides is 1. The van der Waals surface area contributed by atoms with Crippen LogP contribution in [0.15, 0.2) is 53.3 Å². The van der Waals surface area contributed by atoms with Crippen LogP contribution >= 0.6 is 7.75 Å². The van der Waals surface area contributed by atoms with Crippen LogP contribution in [0.2, 0.25) is 0 Å². The largest absolute Gasteiger partial charge is 0.508 e. The molecule has 0 spiro atoms. The number of hydrogen-bond acceptors (Lipinski definition) is 11. The number of hydrogen-bond donors (Lipinski definition) is 5. The first-order valence-electron chi connectivity index (χ1n) is 17.4. The molecule has 0 aliphatic heterocycles. The minimum atomic E-state index is -3.59. The molecule has 1 fully saturated rings. The first-order valence-corrected chi connectivity index (χ1v) is 18.9. The van der Waals surface area contributed by atoms with Crippen LogP contribution in [0.1, 0.15) is 63.1 Å². The topological polar surface area (TPSA) is 200 Å². The third-order valence-corrected chi connectivity index (χ3v) is 12.4. The van der Waals surface area contributed by atoms with E-state index in [4.69, 9.17) is 14.8 Å². The SMILES string of the molecule is CCCCCN(Cc1cccc(-c2ccc(O)c3c2CC2CC4[C@H](N(C)C)C(=O)C(C(N)=O)=C(O)[C@@]4(O)C(=O)C2=C3O)c1)P(=O)(OCC)OCC. The zero-order chi connectivity index (χ0) is 37.4. The molecular weight excluding hydrogens is 677 g/mol. The second-order valence-corrected chi connectivity index (χ2v) is 15.6. The molecule has 1 saturated carbocycles. The van der Waals surface area contributed by atoms with Crippen molar-refractivity contribution in [2.75, 3.05) is 33.9 Å². The molecule has 0 heterocycles. The van der Waals surface area contributed by atoms with Crippen molar-refractivity contribution in [3.63, 3.8) is 0 Å². The summed E-state index contributed by atoms with van der Waals surface area (Å²) in [6.45, 7) is 6.83. The summed E-state index contributed by atoms with van der Waals surface area (Å²) in [6.07, 6.45) is 2.86. The smallest absolute Gasteiger partial charge is 0.408 e. The maximum atomic E-state index is 14.2. The van der Waals surface area contributed by atoms with Gasteiger partial charge in [0.1, 0.15) is 22.8 Å². The molecule has 2 aromatic rings. The molecule has 0 aromatic heterocycles. The van der Waals surface area contributed by atoms with Crippen LogP contribution < -0.4 is 5.73 Å². The van der Waals surface area contributed by atoms with Crippen LogP contribution in [-0.4, -0.2) is 93.0 Å². The standard InChI is InChI=1S/C37H48N3O10P/c1-6-9-10-16-40(51(48,49-7-2)50-8-3)20-21-12-11-13-22(17-21)24-14-15-27(41)29-25(24)18-23-19-26-31(39(4)5)33(43)30(36(38)46)35(45)37(26,47)34(44)28(23)32(29)42/h11-15,17,23,26,31,41-42,45,47H,6-10,16,18-20H2,1-5H3,(H2,38,46)/t23?,26?,31-,37-/m0/s1. The van der Waals surface area contributed by atoms with Gasteiger partial charge in [0.2, 0.25) is 5.78 Å². The van der Waals surface area contributed by atoms with E-state index in [1.807, 2.05) is 24.3 Å². The molecule has 0 saturated heterocycles. The van der Waals surface area contributed by atoms with Gasteiger partial charge in [-0.05, 0) is 87.5 Å². The second kappa shape index (κ2) is 15.0. The molecule has 14 heteroatoms. The molecule has 13 nitrogen and oxygen atoms in total. The van der Waals surface area contributed by atoms with Crippen molar-refractivity contribution in [1.29, 1.82) is 0 Å². The number of unbranched alkanes of at least 4 members (excludes halogenated alkanes) is 2. The number of rotatable bonds is 14. The average molecular weight is 726 g/mol. The second-order valence-electron chi connectivity index (χ2n) is 13.5. The van der Waals surface area contributed by atoms with Gasteiger partial charge in [0.25, 0.3) is 5.91 Å². The summed E-state index contributed by atoms with van der Waals surface area (Å²) in [4.78, 5) is 41.4. The number of benzene rings is 2. The zero-order valence-corrected chi connectivity index (χ0v) is 30.6. The lowest BCUT2D eigenvalue weighted by atomic mass is 9.57. The van der Waals surface area contributed by atoms with Crippen LogP contribution in [-0.2, 0) is 41.0 Å². The predicted octanol–water partition coefficient (Wildman–Crippen LogP) is 4.80. The number of primary amides is 1. The Bertz CT molecular complexity index is 1830. The Balaban J connectivity index is 1.59. The van der Waals surface area contributed by atoms with Gasteiger partial charge in [-0.2, -0.15) is 0 Å². The van der Waals surface area contributed by atoms with Gasteiger partial charge in [0, 0.05) is 24.6 Å². The first kappa shape index (κ1) is 38.4. The van der Waals surface area contributed by atoms with Gasteiger partial charge in [-0.25, -0.2) is 9.24 Å². The van der Waals surface area contributed by atoms with E-state index in [1.54, 1.807) is 38.7 Å². The van der Waals surface area contributed by atoms with Gasteiger partial charge in [-0.3, -0.25) is 28.3 Å². The molecule has 2 unspecified atom stereocenters. The van der Waals surface area contributed by atoms with Gasteiger partial charge < -0.3 is 26.2 Å². The van der Waals surface area contributed by atoms with E-state index >= 15 is 0 Å². The molecule has 0 radical (unpaired) electrons. The Morgan fingerprint density at radius 1 is 1.04 bits per heavy atom. The van der Waals surface area contributed by atoms with Crippen molar-refractivity contribution in [3.8, 4) is 16.9 Å². The minimum Gasteiger partial charge on any atom is -0.508 e.